The Morgan fingerprint density at radius 2 is 2.22 bits per heavy atom. The molecule has 1 atom stereocenters. The number of ether oxygens (including phenoxy) is 1. The first-order chi connectivity index (χ1) is 8.08. The van der Waals surface area contributed by atoms with E-state index in [9.17, 15) is 14.9 Å². The second kappa shape index (κ2) is 5.88. The van der Waals surface area contributed by atoms with Gasteiger partial charge in [-0.25, -0.2) is 4.79 Å². The van der Waals surface area contributed by atoms with E-state index >= 15 is 0 Å². The van der Waals surface area contributed by atoms with Crippen molar-refractivity contribution in [3.63, 3.8) is 0 Å². The number of hydrogen-bond donors (Lipinski definition) is 1. The van der Waals surface area contributed by atoms with Crippen LogP contribution in [0.1, 0.15) is 18.0 Å². The van der Waals surface area contributed by atoms with Crippen molar-refractivity contribution in [1.29, 1.82) is 0 Å². The molecule has 1 aromatic rings. The molecule has 1 fully saturated rings. The van der Waals surface area contributed by atoms with Gasteiger partial charge in [0.25, 0.3) is 5.69 Å². The third-order valence-corrected chi connectivity index (χ3v) is 2.82. The number of cyclic esters (lactones) is 1. The third-order valence-electron chi connectivity index (χ3n) is 2.50. The van der Waals surface area contributed by atoms with Crippen LogP contribution in [0.5, 0.6) is 0 Å². The average molecular weight is 293 g/mol. The Morgan fingerprint density at radius 1 is 1.50 bits per heavy atom. The third kappa shape index (κ3) is 3.02. The van der Waals surface area contributed by atoms with Crippen molar-refractivity contribution in [3.05, 3.63) is 38.9 Å². The minimum atomic E-state index is -0.549. The summed E-state index contributed by atoms with van der Waals surface area (Å²) in [6.07, 6.45) is 0.0590. The van der Waals surface area contributed by atoms with Crippen LogP contribution in [0.15, 0.2) is 18.2 Å². The molecule has 18 heavy (non-hydrogen) atoms. The molecule has 1 aromatic carbocycles. The first-order valence-electron chi connectivity index (χ1n) is 4.95. The summed E-state index contributed by atoms with van der Waals surface area (Å²) in [4.78, 5) is 21.2. The summed E-state index contributed by atoms with van der Waals surface area (Å²) in [7, 11) is 0. The van der Waals surface area contributed by atoms with Crippen molar-refractivity contribution >= 4 is 35.8 Å². The van der Waals surface area contributed by atoms with Crippen molar-refractivity contribution in [1.82, 2.24) is 5.32 Å². The zero-order valence-electron chi connectivity index (χ0n) is 9.09. The molecule has 1 aliphatic heterocycles. The van der Waals surface area contributed by atoms with E-state index in [0.717, 1.165) is 0 Å². The molecule has 0 aromatic heterocycles. The number of nitrogens with zero attached hydrogens (tertiary/aromatic N) is 1. The molecule has 0 bridgehead atoms. The Morgan fingerprint density at radius 3 is 2.83 bits per heavy atom. The lowest BCUT2D eigenvalue weighted by atomic mass is 10.0. The second-order valence-corrected chi connectivity index (χ2v) is 4.00. The van der Waals surface area contributed by atoms with Crippen LogP contribution in [0, 0.1) is 10.1 Å². The molecule has 1 N–H and O–H groups in total. The predicted molar refractivity (Wildman–Crippen MR) is 67.2 cm³/mol. The van der Waals surface area contributed by atoms with Crippen molar-refractivity contribution in [2.45, 2.75) is 12.5 Å². The molecule has 0 aliphatic carbocycles. The molecule has 0 spiro atoms. The molecule has 2 rings (SSSR count). The zero-order valence-corrected chi connectivity index (χ0v) is 10.7. The molecule has 0 radical (unpaired) electrons. The van der Waals surface area contributed by atoms with Gasteiger partial charge < -0.3 is 10.1 Å². The Bertz CT molecular complexity index is 481. The quantitative estimate of drug-likeness (QED) is 0.671. The van der Waals surface area contributed by atoms with Gasteiger partial charge in [0, 0.05) is 12.5 Å². The summed E-state index contributed by atoms with van der Waals surface area (Å²) in [5.74, 6) is 0. The minimum Gasteiger partial charge on any atom is -0.449 e. The molecule has 6 nitrogen and oxygen atoms in total. The summed E-state index contributed by atoms with van der Waals surface area (Å²) in [6, 6.07) is 4.22. The number of halogens is 2. The Labute approximate surface area is 114 Å². The van der Waals surface area contributed by atoms with E-state index < -0.39 is 11.0 Å². The van der Waals surface area contributed by atoms with Crippen LogP contribution in [0.25, 0.3) is 0 Å². The van der Waals surface area contributed by atoms with Crippen molar-refractivity contribution in [2.24, 2.45) is 0 Å². The Balaban J connectivity index is 0.00000162. The molecular weight excluding hydrogens is 283 g/mol. The Kier molecular flexibility index (Phi) is 4.75. The van der Waals surface area contributed by atoms with Crippen LogP contribution in [-0.4, -0.2) is 17.6 Å². The number of alkyl carbamates (subject to hydrolysis) is 1. The monoisotopic (exact) mass is 292 g/mol. The minimum absolute atomic E-state index is 0. The van der Waals surface area contributed by atoms with E-state index in [2.05, 4.69) is 5.32 Å². The van der Waals surface area contributed by atoms with E-state index in [1.54, 1.807) is 6.07 Å². The standard InChI is InChI=1S/C10H9ClN2O4.ClH/c11-7-2-1-6(5-9(7)13(15)16)8-3-4-17-10(14)12-8;/h1-2,5,8H,3-4H2,(H,12,14);1H/t8-;/m0./s1. The summed E-state index contributed by atoms with van der Waals surface area (Å²) >= 11 is 5.71. The molecule has 0 unspecified atom stereocenters. The molecular formula is C10H10Cl2N2O4. The van der Waals surface area contributed by atoms with Gasteiger partial charge >= 0.3 is 6.09 Å². The highest BCUT2D eigenvalue weighted by atomic mass is 35.5. The summed E-state index contributed by atoms with van der Waals surface area (Å²) in [5.41, 5.74) is 0.489. The topological polar surface area (TPSA) is 81.5 Å². The normalized spacial score (nSPS) is 18.3. The van der Waals surface area contributed by atoms with Crippen LogP contribution >= 0.6 is 24.0 Å². The average Bonchev–Trinajstić information content (AvgIpc) is 2.29. The predicted octanol–water partition coefficient (Wildman–Crippen LogP) is 2.84. The van der Waals surface area contributed by atoms with Gasteiger partial charge in [-0.3, -0.25) is 10.1 Å². The number of nitrogens with one attached hydrogen (secondary N) is 1. The number of rotatable bonds is 2. The second-order valence-electron chi connectivity index (χ2n) is 3.59. The van der Waals surface area contributed by atoms with Gasteiger partial charge in [0.05, 0.1) is 17.6 Å². The van der Waals surface area contributed by atoms with E-state index in [1.807, 2.05) is 0 Å². The largest absolute Gasteiger partial charge is 0.449 e. The lowest BCUT2D eigenvalue weighted by molar-refractivity contribution is -0.384. The molecule has 1 heterocycles. The highest BCUT2D eigenvalue weighted by Gasteiger charge is 2.23. The van der Waals surface area contributed by atoms with Crippen LogP contribution < -0.4 is 5.32 Å². The van der Waals surface area contributed by atoms with E-state index in [1.165, 1.54) is 12.1 Å². The smallest absolute Gasteiger partial charge is 0.407 e. The fourth-order valence-electron chi connectivity index (χ4n) is 1.66. The molecule has 1 saturated heterocycles. The lowest BCUT2D eigenvalue weighted by Crippen LogP contribution is -2.35. The van der Waals surface area contributed by atoms with Gasteiger partial charge in [0.2, 0.25) is 0 Å². The highest BCUT2D eigenvalue weighted by molar-refractivity contribution is 6.32. The number of nitro groups is 1. The first-order valence-corrected chi connectivity index (χ1v) is 5.33. The number of nitro benzene ring substituents is 1. The summed E-state index contributed by atoms with van der Waals surface area (Å²) in [6.45, 7) is 0.299. The molecule has 98 valence electrons. The van der Waals surface area contributed by atoms with Gasteiger partial charge in [0.15, 0.2) is 0 Å². The number of benzene rings is 1. The maximum atomic E-state index is 11.0. The first kappa shape index (κ1) is 14.5. The molecule has 1 amide bonds. The maximum Gasteiger partial charge on any atom is 0.407 e. The van der Waals surface area contributed by atoms with Crippen molar-refractivity contribution in [3.8, 4) is 0 Å². The van der Waals surface area contributed by atoms with Crippen LogP contribution in [0.4, 0.5) is 10.5 Å². The maximum absolute atomic E-state index is 11.0. The van der Waals surface area contributed by atoms with Crippen molar-refractivity contribution in [2.75, 3.05) is 6.61 Å². The van der Waals surface area contributed by atoms with Gasteiger partial charge in [-0.2, -0.15) is 0 Å². The van der Waals surface area contributed by atoms with E-state index in [4.69, 9.17) is 16.3 Å². The Hall–Kier alpha value is -1.53. The number of carbonyl (C=O) groups is 1. The van der Waals surface area contributed by atoms with Gasteiger partial charge in [-0.05, 0) is 11.6 Å². The van der Waals surface area contributed by atoms with Gasteiger partial charge in [-0.1, -0.05) is 17.7 Å². The zero-order chi connectivity index (χ0) is 12.4. The summed E-state index contributed by atoms with van der Waals surface area (Å²) < 4.78 is 4.72. The van der Waals surface area contributed by atoms with Crippen LogP contribution in [-0.2, 0) is 4.74 Å². The fraction of sp³-hybridized carbons (Fsp3) is 0.300. The molecule has 1 aliphatic rings. The molecule has 0 saturated carbocycles. The van der Waals surface area contributed by atoms with Crippen LogP contribution in [0.2, 0.25) is 5.02 Å². The van der Waals surface area contributed by atoms with Gasteiger partial charge in [-0.15, -0.1) is 12.4 Å². The fourth-order valence-corrected chi connectivity index (χ4v) is 1.85. The van der Waals surface area contributed by atoms with Crippen molar-refractivity contribution < 1.29 is 14.5 Å². The summed E-state index contributed by atoms with van der Waals surface area (Å²) in [5, 5.41) is 13.4. The number of hydrogen-bond acceptors (Lipinski definition) is 4. The van der Waals surface area contributed by atoms with E-state index in [-0.39, 0.29) is 29.2 Å². The number of carbonyl (C=O) groups excluding carboxylic acids is 1. The van der Waals surface area contributed by atoms with Crippen LogP contribution in [0.3, 0.4) is 0 Å². The highest BCUT2D eigenvalue weighted by Crippen LogP contribution is 2.29. The van der Waals surface area contributed by atoms with Gasteiger partial charge in [0.1, 0.15) is 5.02 Å². The lowest BCUT2D eigenvalue weighted by Gasteiger charge is -2.23. The number of amides is 1. The van der Waals surface area contributed by atoms with E-state index in [0.29, 0.717) is 18.6 Å². The molecule has 8 heteroatoms. The SMILES string of the molecule is Cl.O=C1N[C@H](c2ccc(Cl)c([N+](=O)[O-])c2)CCO1.